The highest BCUT2D eigenvalue weighted by atomic mass is 16.1. The second-order valence-corrected chi connectivity index (χ2v) is 9.67. The summed E-state index contributed by atoms with van der Waals surface area (Å²) in [6, 6.07) is 8.61. The first-order chi connectivity index (χ1) is 16.3. The number of dihydropyridines is 1. The molecule has 1 aliphatic rings. The molecule has 2 N–H and O–H groups in total. The molecule has 3 aromatic heterocycles. The summed E-state index contributed by atoms with van der Waals surface area (Å²) in [5, 5.41) is 5.24. The molecule has 1 aromatic carbocycles. The Morgan fingerprint density at radius 1 is 1.18 bits per heavy atom. The van der Waals surface area contributed by atoms with Gasteiger partial charge in [-0.25, -0.2) is 4.98 Å². The molecule has 0 spiro atoms. The summed E-state index contributed by atoms with van der Waals surface area (Å²) in [6.45, 7) is 11.8. The first kappa shape index (κ1) is 22.1. The van der Waals surface area contributed by atoms with E-state index in [1.165, 1.54) is 11.1 Å². The number of allylic oxidation sites excluding steroid dienone is 1. The van der Waals surface area contributed by atoms with Crippen LogP contribution in [0.1, 0.15) is 56.1 Å². The number of fused-ring (bicyclic) bond motifs is 2. The summed E-state index contributed by atoms with van der Waals surface area (Å²) >= 11 is 0. The van der Waals surface area contributed by atoms with E-state index in [1.807, 2.05) is 24.5 Å². The molecule has 0 saturated carbocycles. The van der Waals surface area contributed by atoms with Gasteiger partial charge in [0, 0.05) is 70.7 Å². The van der Waals surface area contributed by atoms with E-state index < -0.39 is 0 Å². The minimum absolute atomic E-state index is 0.0567. The Morgan fingerprint density at radius 3 is 2.76 bits per heavy atom. The molecule has 0 bridgehead atoms. The number of H-pyrrole nitrogens is 1. The molecule has 0 saturated heterocycles. The van der Waals surface area contributed by atoms with Gasteiger partial charge in [0.25, 0.3) is 5.91 Å². The van der Waals surface area contributed by atoms with Gasteiger partial charge in [0.05, 0.1) is 6.54 Å². The Kier molecular flexibility index (Phi) is 5.60. The zero-order valence-corrected chi connectivity index (χ0v) is 20.5. The third-order valence-electron chi connectivity index (χ3n) is 6.78. The highest BCUT2D eigenvalue weighted by molar-refractivity contribution is 6.09. The van der Waals surface area contributed by atoms with Crippen LogP contribution in [0.5, 0.6) is 0 Å². The van der Waals surface area contributed by atoms with Crippen molar-refractivity contribution in [1.82, 2.24) is 19.9 Å². The second kappa shape index (κ2) is 8.60. The van der Waals surface area contributed by atoms with E-state index in [-0.39, 0.29) is 11.9 Å². The normalized spacial score (nSPS) is 14.4. The first-order valence-electron chi connectivity index (χ1n) is 11.9. The molecule has 1 amide bonds. The van der Waals surface area contributed by atoms with Crippen LogP contribution in [0, 0.1) is 6.92 Å². The molecule has 1 aliphatic heterocycles. The van der Waals surface area contributed by atoms with E-state index in [0.717, 1.165) is 50.8 Å². The maximum absolute atomic E-state index is 13.6. The van der Waals surface area contributed by atoms with Crippen LogP contribution in [0.4, 0.5) is 0 Å². The van der Waals surface area contributed by atoms with Crippen molar-refractivity contribution in [1.29, 1.82) is 0 Å². The molecule has 5 rings (SSSR count). The predicted molar refractivity (Wildman–Crippen MR) is 140 cm³/mol. The van der Waals surface area contributed by atoms with E-state index in [2.05, 4.69) is 77.8 Å². The molecular weight excluding hydrogens is 422 g/mol. The van der Waals surface area contributed by atoms with Crippen molar-refractivity contribution in [2.75, 3.05) is 13.1 Å². The number of pyridine rings is 1. The van der Waals surface area contributed by atoms with E-state index in [1.54, 1.807) is 0 Å². The molecule has 4 heterocycles. The number of carbonyl (C=O) groups is 1. The lowest BCUT2D eigenvalue weighted by Gasteiger charge is -2.17. The van der Waals surface area contributed by atoms with Crippen LogP contribution in [-0.2, 0) is 0 Å². The number of nitrogens with zero attached hydrogens (tertiary/aromatic N) is 3. The monoisotopic (exact) mass is 453 g/mol. The number of amides is 1. The Labute approximate surface area is 199 Å². The molecule has 0 fully saturated rings. The molecule has 6 heteroatoms. The van der Waals surface area contributed by atoms with Crippen molar-refractivity contribution in [3.63, 3.8) is 0 Å². The van der Waals surface area contributed by atoms with Gasteiger partial charge in [-0.2, -0.15) is 0 Å². The number of rotatable bonds is 5. The van der Waals surface area contributed by atoms with Gasteiger partial charge in [0.1, 0.15) is 5.65 Å². The quantitative estimate of drug-likeness (QED) is 0.365. The summed E-state index contributed by atoms with van der Waals surface area (Å²) in [6.07, 6.45) is 6.79. The summed E-state index contributed by atoms with van der Waals surface area (Å²) in [4.78, 5) is 25.8. The Bertz CT molecular complexity index is 1480. The molecule has 0 unspecified atom stereocenters. The van der Waals surface area contributed by atoms with Gasteiger partial charge in [-0.1, -0.05) is 5.57 Å². The summed E-state index contributed by atoms with van der Waals surface area (Å²) < 4.78 is 2.25. The molecule has 6 nitrogen and oxygen atoms in total. The van der Waals surface area contributed by atoms with Gasteiger partial charge in [-0.15, -0.1) is 0 Å². The Balaban J connectivity index is 1.58. The Morgan fingerprint density at radius 2 is 2.00 bits per heavy atom. The first-order valence-corrected chi connectivity index (χ1v) is 11.9. The fourth-order valence-corrected chi connectivity index (χ4v) is 4.88. The second-order valence-electron chi connectivity index (χ2n) is 9.67. The largest absolute Gasteiger partial charge is 0.348 e. The molecule has 174 valence electrons. The number of aryl methyl sites for hydroxylation is 1. The lowest BCUT2D eigenvalue weighted by Crippen LogP contribution is -2.28. The van der Waals surface area contributed by atoms with Crippen LogP contribution in [0.3, 0.4) is 0 Å². The van der Waals surface area contributed by atoms with Crippen molar-refractivity contribution in [2.24, 2.45) is 4.99 Å². The number of aromatic nitrogens is 3. The third-order valence-corrected chi connectivity index (χ3v) is 6.78. The van der Waals surface area contributed by atoms with Crippen molar-refractivity contribution >= 4 is 33.6 Å². The number of nitrogens with one attached hydrogen (secondary N) is 2. The highest BCUT2D eigenvalue weighted by Crippen LogP contribution is 2.33. The topological polar surface area (TPSA) is 75.1 Å². The molecule has 0 aliphatic carbocycles. The lowest BCUT2D eigenvalue weighted by atomic mass is 9.98. The fourth-order valence-electron chi connectivity index (χ4n) is 4.88. The smallest absolute Gasteiger partial charge is 0.252 e. The number of benzene rings is 1. The van der Waals surface area contributed by atoms with E-state index in [9.17, 15) is 4.79 Å². The number of aromatic amines is 1. The van der Waals surface area contributed by atoms with Crippen LogP contribution >= 0.6 is 0 Å². The van der Waals surface area contributed by atoms with E-state index >= 15 is 0 Å². The molecule has 0 atom stereocenters. The minimum Gasteiger partial charge on any atom is -0.348 e. The Hall–Kier alpha value is -3.67. The zero-order chi connectivity index (χ0) is 24.0. The summed E-state index contributed by atoms with van der Waals surface area (Å²) in [7, 11) is 0. The maximum Gasteiger partial charge on any atom is 0.252 e. The van der Waals surface area contributed by atoms with Crippen LogP contribution in [0.2, 0.25) is 0 Å². The zero-order valence-electron chi connectivity index (χ0n) is 20.5. The number of aliphatic imine (C=N–C) groups is 1. The van der Waals surface area contributed by atoms with Gasteiger partial charge in [-0.3, -0.25) is 9.79 Å². The number of hydrogen-bond acceptors (Lipinski definition) is 3. The average Bonchev–Trinajstić information content (AvgIpc) is 3.41. The fraction of sp³-hybridized carbons (Fsp3) is 0.321. The van der Waals surface area contributed by atoms with Crippen molar-refractivity contribution in [3.8, 4) is 11.1 Å². The van der Waals surface area contributed by atoms with E-state index in [0.29, 0.717) is 18.7 Å². The predicted octanol–water partition coefficient (Wildman–Crippen LogP) is 5.98. The van der Waals surface area contributed by atoms with Crippen LogP contribution in [0.25, 0.3) is 33.1 Å². The maximum atomic E-state index is 13.6. The van der Waals surface area contributed by atoms with Gasteiger partial charge < -0.3 is 14.9 Å². The molecule has 4 aromatic rings. The van der Waals surface area contributed by atoms with Crippen LogP contribution < -0.4 is 5.32 Å². The van der Waals surface area contributed by atoms with Crippen molar-refractivity contribution in [2.45, 2.75) is 47.1 Å². The molecular formula is C28H31N5O. The number of hydrogen-bond donors (Lipinski definition) is 2. The van der Waals surface area contributed by atoms with Gasteiger partial charge in [-0.05, 0) is 75.6 Å². The van der Waals surface area contributed by atoms with E-state index in [4.69, 9.17) is 0 Å². The summed E-state index contributed by atoms with van der Waals surface area (Å²) in [5.41, 5.74) is 9.37. The standard InChI is InChI=1S/C28H31N5O/c1-16(2)33-15-18(4)26-24(28(34)32-14-23-13-30-19(5)8-17(23)3)10-21(11-25(26)33)22-9-20-6-7-29-27(20)31-12-22/h6-7,9-12,15-16H,8,13-14H2,1-5H3,(H,29,31)(H,32,34). The molecule has 0 radical (unpaired) electrons. The van der Waals surface area contributed by atoms with Gasteiger partial charge >= 0.3 is 0 Å². The van der Waals surface area contributed by atoms with Crippen LogP contribution in [0.15, 0.2) is 59.0 Å². The van der Waals surface area contributed by atoms with Gasteiger partial charge in [0.15, 0.2) is 0 Å². The number of carbonyl (C=O) groups excluding carboxylic acids is 1. The summed E-state index contributed by atoms with van der Waals surface area (Å²) in [5.74, 6) is -0.0567. The van der Waals surface area contributed by atoms with Gasteiger partial charge in [0.2, 0.25) is 0 Å². The minimum atomic E-state index is -0.0567. The van der Waals surface area contributed by atoms with Crippen molar-refractivity contribution in [3.05, 3.63) is 65.1 Å². The molecule has 34 heavy (non-hydrogen) atoms. The van der Waals surface area contributed by atoms with Crippen molar-refractivity contribution < 1.29 is 4.79 Å². The highest BCUT2D eigenvalue weighted by Gasteiger charge is 2.20. The van der Waals surface area contributed by atoms with Crippen LogP contribution in [-0.4, -0.2) is 39.2 Å². The third kappa shape index (κ3) is 3.94. The average molecular weight is 454 g/mol. The SMILES string of the molecule is CC1=NCC(CNC(=O)c2cc(-c3cnc4[nH]ccc4c3)cc3c2c(C)cn3C(C)C)=C(C)C1. The lowest BCUT2D eigenvalue weighted by molar-refractivity contribution is 0.0958.